The Kier molecular flexibility index (Phi) is 4.26. The quantitative estimate of drug-likeness (QED) is 0.861. The molecule has 0 aromatic heterocycles. The summed E-state index contributed by atoms with van der Waals surface area (Å²) in [5.74, 6) is -4.13. The first-order valence-electron chi connectivity index (χ1n) is 7.49. The number of allylic oxidation sites excluding steroid dienone is 1. The van der Waals surface area contributed by atoms with Gasteiger partial charge in [0.2, 0.25) is 5.78 Å². The number of Topliss-reactive ketones (excluding diaryl/α,β-unsaturated/α-hetero) is 1. The van der Waals surface area contributed by atoms with E-state index in [1.165, 1.54) is 7.05 Å². The van der Waals surface area contributed by atoms with E-state index in [4.69, 9.17) is 9.47 Å². The van der Waals surface area contributed by atoms with Gasteiger partial charge in [-0.15, -0.1) is 0 Å². The van der Waals surface area contributed by atoms with Crippen molar-refractivity contribution in [1.82, 2.24) is 5.32 Å². The predicted octanol–water partition coefficient (Wildman–Crippen LogP) is 2.82. The van der Waals surface area contributed by atoms with Crippen LogP contribution in [0, 0.1) is 30.3 Å². The van der Waals surface area contributed by atoms with Crippen molar-refractivity contribution in [2.24, 2.45) is 5.92 Å². The number of nitrogens with one attached hydrogen (secondary N) is 1. The lowest BCUT2D eigenvalue weighted by atomic mass is 9.90. The lowest BCUT2D eigenvalue weighted by molar-refractivity contribution is -0.123. The lowest BCUT2D eigenvalue weighted by Gasteiger charge is -2.23. The number of ketones is 1. The molecule has 0 aliphatic carbocycles. The van der Waals surface area contributed by atoms with Crippen LogP contribution in [0.4, 0.5) is 13.2 Å². The molecule has 2 unspecified atom stereocenters. The third kappa shape index (κ3) is 2.53. The van der Waals surface area contributed by atoms with Crippen LogP contribution in [0.2, 0.25) is 0 Å². The molecule has 1 N–H and O–H groups in total. The Hall–Kier alpha value is -2.44. The minimum Gasteiger partial charge on any atom is -0.501 e. The normalized spacial score (nSPS) is 23.3. The standard InChI is InChI=1S/C17H16F3NO3/c1-8-13(19)10(6-11(18)14(8)20)12-15(22)16(24-17(12)21-2)9-4-3-5-23-7-9/h3,5-6,9,16,21H,4,7H2,1-2H3. The van der Waals surface area contributed by atoms with Crippen molar-refractivity contribution in [2.45, 2.75) is 19.4 Å². The van der Waals surface area contributed by atoms with Gasteiger partial charge in [0, 0.05) is 24.1 Å². The van der Waals surface area contributed by atoms with Crippen molar-refractivity contribution in [1.29, 1.82) is 0 Å². The molecule has 1 aromatic rings. The molecule has 128 valence electrons. The smallest absolute Gasteiger partial charge is 0.209 e. The van der Waals surface area contributed by atoms with Crippen LogP contribution in [0.25, 0.3) is 5.57 Å². The second-order valence-corrected chi connectivity index (χ2v) is 5.72. The van der Waals surface area contributed by atoms with E-state index in [0.29, 0.717) is 12.5 Å². The molecule has 4 nitrogen and oxygen atoms in total. The van der Waals surface area contributed by atoms with Gasteiger partial charge in [-0.05, 0) is 25.5 Å². The zero-order chi connectivity index (χ0) is 17.4. The predicted molar refractivity (Wildman–Crippen MR) is 80.1 cm³/mol. The summed E-state index contributed by atoms with van der Waals surface area (Å²) >= 11 is 0. The summed E-state index contributed by atoms with van der Waals surface area (Å²) in [6.07, 6.45) is 3.02. The molecule has 2 heterocycles. The molecule has 1 aromatic carbocycles. The zero-order valence-corrected chi connectivity index (χ0v) is 13.2. The van der Waals surface area contributed by atoms with Crippen LogP contribution in [0.15, 0.2) is 24.3 Å². The van der Waals surface area contributed by atoms with E-state index in [0.717, 1.165) is 6.92 Å². The Balaban J connectivity index is 2.03. The van der Waals surface area contributed by atoms with Gasteiger partial charge in [-0.25, -0.2) is 13.2 Å². The van der Waals surface area contributed by atoms with Gasteiger partial charge in [0.25, 0.3) is 0 Å². The molecule has 3 rings (SSSR count). The van der Waals surface area contributed by atoms with Crippen LogP contribution in [0.1, 0.15) is 17.5 Å². The summed E-state index contributed by atoms with van der Waals surface area (Å²) in [5.41, 5.74) is -0.903. The molecule has 2 aliphatic rings. The van der Waals surface area contributed by atoms with E-state index in [2.05, 4.69) is 5.32 Å². The Labute approximate surface area is 136 Å². The van der Waals surface area contributed by atoms with Crippen LogP contribution < -0.4 is 5.32 Å². The van der Waals surface area contributed by atoms with E-state index in [-0.39, 0.29) is 29.5 Å². The molecule has 0 spiro atoms. The highest BCUT2D eigenvalue weighted by Crippen LogP contribution is 2.36. The Morgan fingerprint density at radius 2 is 2.00 bits per heavy atom. The van der Waals surface area contributed by atoms with Crippen molar-refractivity contribution in [2.75, 3.05) is 13.7 Å². The highest BCUT2D eigenvalue weighted by molar-refractivity contribution is 6.25. The molecule has 24 heavy (non-hydrogen) atoms. The van der Waals surface area contributed by atoms with E-state index >= 15 is 0 Å². The summed E-state index contributed by atoms with van der Waals surface area (Å²) in [7, 11) is 1.51. The van der Waals surface area contributed by atoms with Gasteiger partial charge in [0.1, 0.15) is 5.82 Å². The second kappa shape index (κ2) is 6.22. The number of halogens is 3. The van der Waals surface area contributed by atoms with Crippen LogP contribution in [-0.4, -0.2) is 25.5 Å². The SMILES string of the molecule is CNC1=C(c2cc(F)c(F)c(C)c2F)C(=O)C(C2CC=COC2)O1. The van der Waals surface area contributed by atoms with E-state index in [9.17, 15) is 18.0 Å². The van der Waals surface area contributed by atoms with E-state index < -0.39 is 34.9 Å². The monoisotopic (exact) mass is 339 g/mol. The van der Waals surface area contributed by atoms with Gasteiger partial charge in [-0.2, -0.15) is 0 Å². The fraction of sp³-hybridized carbons (Fsp3) is 0.353. The van der Waals surface area contributed by atoms with Crippen LogP contribution in [0.5, 0.6) is 0 Å². The first-order valence-corrected chi connectivity index (χ1v) is 7.49. The Bertz CT molecular complexity index is 758. The average molecular weight is 339 g/mol. The number of rotatable bonds is 3. The van der Waals surface area contributed by atoms with Gasteiger partial charge in [-0.1, -0.05) is 0 Å². The Morgan fingerprint density at radius 1 is 1.25 bits per heavy atom. The van der Waals surface area contributed by atoms with Gasteiger partial charge >= 0.3 is 0 Å². The van der Waals surface area contributed by atoms with E-state index in [1.807, 2.05) is 0 Å². The lowest BCUT2D eigenvalue weighted by Crippen LogP contribution is -2.32. The van der Waals surface area contributed by atoms with Crippen molar-refractivity contribution in [3.8, 4) is 0 Å². The molecule has 0 bridgehead atoms. The van der Waals surface area contributed by atoms with Crippen LogP contribution in [0.3, 0.4) is 0 Å². The first-order chi connectivity index (χ1) is 11.5. The maximum absolute atomic E-state index is 14.4. The van der Waals surface area contributed by atoms with Crippen molar-refractivity contribution >= 4 is 11.4 Å². The van der Waals surface area contributed by atoms with Gasteiger partial charge < -0.3 is 14.8 Å². The van der Waals surface area contributed by atoms with Gasteiger partial charge in [0.05, 0.1) is 18.4 Å². The van der Waals surface area contributed by atoms with Crippen LogP contribution in [-0.2, 0) is 14.3 Å². The first kappa shape index (κ1) is 16.4. The molecular weight excluding hydrogens is 323 g/mol. The number of ether oxygens (including phenoxy) is 2. The highest BCUT2D eigenvalue weighted by atomic mass is 19.2. The van der Waals surface area contributed by atoms with Crippen molar-refractivity contribution in [3.05, 3.63) is 52.9 Å². The second-order valence-electron chi connectivity index (χ2n) is 5.72. The summed E-state index contributed by atoms with van der Waals surface area (Å²) in [4.78, 5) is 12.7. The van der Waals surface area contributed by atoms with Gasteiger partial charge in [0.15, 0.2) is 23.6 Å². The van der Waals surface area contributed by atoms with Crippen LogP contribution >= 0.6 is 0 Å². The fourth-order valence-corrected chi connectivity index (χ4v) is 2.91. The van der Waals surface area contributed by atoms with Crippen molar-refractivity contribution in [3.63, 3.8) is 0 Å². The summed E-state index contributed by atoms with van der Waals surface area (Å²) in [6.45, 7) is 1.41. The third-order valence-corrected chi connectivity index (χ3v) is 4.22. The van der Waals surface area contributed by atoms with Crippen molar-refractivity contribution < 1.29 is 27.4 Å². The Morgan fingerprint density at radius 3 is 2.62 bits per heavy atom. The summed E-state index contributed by atoms with van der Waals surface area (Å²) in [5, 5.41) is 2.69. The van der Waals surface area contributed by atoms with E-state index in [1.54, 1.807) is 12.3 Å². The number of hydrogen-bond acceptors (Lipinski definition) is 4. The summed E-state index contributed by atoms with van der Waals surface area (Å²) in [6, 6.07) is 0.686. The number of carbonyl (C=O) groups excluding carboxylic acids is 1. The molecule has 0 amide bonds. The fourth-order valence-electron chi connectivity index (χ4n) is 2.91. The number of benzene rings is 1. The zero-order valence-electron chi connectivity index (χ0n) is 13.2. The molecular formula is C17H16F3NO3. The number of hydrogen-bond donors (Lipinski definition) is 1. The molecule has 2 atom stereocenters. The highest BCUT2D eigenvalue weighted by Gasteiger charge is 2.42. The topological polar surface area (TPSA) is 47.6 Å². The minimum absolute atomic E-state index is 0.0452. The largest absolute Gasteiger partial charge is 0.501 e. The minimum atomic E-state index is -1.27. The third-order valence-electron chi connectivity index (χ3n) is 4.22. The summed E-state index contributed by atoms with van der Waals surface area (Å²) < 4.78 is 52.5. The maximum atomic E-state index is 14.4. The molecule has 0 radical (unpaired) electrons. The number of carbonyl (C=O) groups is 1. The molecule has 2 aliphatic heterocycles. The molecule has 0 fully saturated rings. The molecule has 0 saturated carbocycles. The molecule has 7 heteroatoms. The molecule has 0 saturated heterocycles. The van der Waals surface area contributed by atoms with Gasteiger partial charge in [-0.3, -0.25) is 4.79 Å². The average Bonchev–Trinajstić information content (AvgIpc) is 2.93. The maximum Gasteiger partial charge on any atom is 0.209 e.